The molecule has 0 saturated heterocycles. The number of methoxy groups -OCH3 is 1. The molecule has 0 unspecified atom stereocenters. The van der Waals surface area contributed by atoms with Gasteiger partial charge in [0.05, 0.1) is 22.2 Å². The second-order valence-electron chi connectivity index (χ2n) is 6.57. The Morgan fingerprint density at radius 1 is 1.17 bits per heavy atom. The van der Waals surface area contributed by atoms with Crippen molar-refractivity contribution >= 4 is 49.9 Å². The van der Waals surface area contributed by atoms with Gasteiger partial charge >= 0.3 is 0 Å². The number of hydrogen-bond acceptors (Lipinski definition) is 4. The summed E-state index contributed by atoms with van der Waals surface area (Å²) in [4.78, 5) is 13.0. The molecule has 1 amide bonds. The van der Waals surface area contributed by atoms with E-state index in [4.69, 9.17) is 25.9 Å². The van der Waals surface area contributed by atoms with E-state index in [9.17, 15) is 4.79 Å². The van der Waals surface area contributed by atoms with Crippen molar-refractivity contribution < 1.29 is 19.1 Å². The fraction of sp³-hybridized carbons (Fsp3) is 0.0870. The van der Waals surface area contributed by atoms with Crippen LogP contribution in [0.15, 0.2) is 69.6 Å². The van der Waals surface area contributed by atoms with Crippen LogP contribution in [0.5, 0.6) is 5.75 Å². The monoisotopic (exact) mass is 485 g/mol. The molecular weight excluding hydrogens is 470 g/mol. The molecule has 0 spiro atoms. The number of anilines is 1. The summed E-state index contributed by atoms with van der Waals surface area (Å²) in [6.07, 6.45) is 0. The summed E-state index contributed by atoms with van der Waals surface area (Å²) in [5, 5.41) is 14.3. The van der Waals surface area contributed by atoms with E-state index in [0.29, 0.717) is 39.1 Å². The number of aliphatic hydroxyl groups excluding tert-OH is 1. The first-order valence-electron chi connectivity index (χ1n) is 9.08. The lowest BCUT2D eigenvalue weighted by molar-refractivity contribution is 0.102. The van der Waals surface area contributed by atoms with Gasteiger partial charge in [0, 0.05) is 11.3 Å². The van der Waals surface area contributed by atoms with Gasteiger partial charge in [-0.25, -0.2) is 0 Å². The molecule has 1 heterocycles. The fourth-order valence-corrected chi connectivity index (χ4v) is 4.26. The van der Waals surface area contributed by atoms with E-state index >= 15 is 0 Å². The molecule has 0 aliphatic rings. The fourth-order valence-electron chi connectivity index (χ4n) is 3.25. The van der Waals surface area contributed by atoms with Crippen molar-refractivity contribution in [1.29, 1.82) is 0 Å². The number of aliphatic hydroxyl groups is 1. The van der Waals surface area contributed by atoms with E-state index in [1.165, 1.54) is 7.11 Å². The normalized spacial score (nSPS) is 10.9. The summed E-state index contributed by atoms with van der Waals surface area (Å²) in [6, 6.07) is 18.1. The lowest BCUT2D eigenvalue weighted by Gasteiger charge is -2.14. The lowest BCUT2D eigenvalue weighted by atomic mass is 10.0. The molecule has 2 N–H and O–H groups in total. The zero-order valence-corrected chi connectivity index (χ0v) is 18.3. The van der Waals surface area contributed by atoms with E-state index in [0.717, 1.165) is 15.2 Å². The van der Waals surface area contributed by atoms with E-state index < -0.39 is 0 Å². The number of hydrogen-bond donors (Lipinski definition) is 2. The molecule has 7 heteroatoms. The second-order valence-corrected chi connectivity index (χ2v) is 7.77. The van der Waals surface area contributed by atoms with Crippen molar-refractivity contribution in [3.63, 3.8) is 0 Å². The van der Waals surface area contributed by atoms with Crippen LogP contribution in [0.4, 0.5) is 5.69 Å². The summed E-state index contributed by atoms with van der Waals surface area (Å²) in [5.74, 6) is 1.14. The molecule has 5 nitrogen and oxygen atoms in total. The largest absolute Gasteiger partial charge is 0.495 e. The standard InChI is InChI=1S/C23H17BrClNO4/c1-29-22-18(10-13-4-2-3-5-16(13)21(22)24)23(28)26-14-6-8-17(19(25)11-14)20-9-7-15(12-27)30-20/h2-11,27H,12H2,1H3,(H,26,28). The number of ether oxygens (including phenoxy) is 1. The van der Waals surface area contributed by atoms with Crippen LogP contribution in [-0.4, -0.2) is 18.1 Å². The zero-order valence-electron chi connectivity index (χ0n) is 15.9. The molecule has 0 radical (unpaired) electrons. The number of amides is 1. The summed E-state index contributed by atoms with van der Waals surface area (Å²) >= 11 is 9.95. The highest BCUT2D eigenvalue weighted by Gasteiger charge is 2.19. The average molecular weight is 487 g/mol. The van der Waals surface area contributed by atoms with Crippen LogP contribution in [-0.2, 0) is 6.61 Å². The van der Waals surface area contributed by atoms with Gasteiger partial charge in [0.25, 0.3) is 5.91 Å². The van der Waals surface area contributed by atoms with Gasteiger partial charge in [0.2, 0.25) is 0 Å². The summed E-state index contributed by atoms with van der Waals surface area (Å²) in [5.41, 5.74) is 1.61. The van der Waals surface area contributed by atoms with Crippen LogP contribution < -0.4 is 10.1 Å². The smallest absolute Gasteiger partial charge is 0.259 e. The van der Waals surface area contributed by atoms with Gasteiger partial charge in [-0.3, -0.25) is 4.79 Å². The van der Waals surface area contributed by atoms with E-state index in [-0.39, 0.29) is 12.5 Å². The third-order valence-corrected chi connectivity index (χ3v) is 5.80. The third kappa shape index (κ3) is 3.81. The average Bonchev–Trinajstić information content (AvgIpc) is 3.22. The maximum Gasteiger partial charge on any atom is 0.259 e. The Morgan fingerprint density at radius 3 is 2.67 bits per heavy atom. The van der Waals surface area contributed by atoms with Gasteiger partial charge in [0.15, 0.2) is 0 Å². The topological polar surface area (TPSA) is 71.7 Å². The van der Waals surface area contributed by atoms with Crippen LogP contribution in [0.1, 0.15) is 16.1 Å². The zero-order chi connectivity index (χ0) is 21.3. The first-order chi connectivity index (χ1) is 14.5. The van der Waals surface area contributed by atoms with Crippen LogP contribution in [0.3, 0.4) is 0 Å². The molecule has 1 aromatic heterocycles. The predicted octanol–water partition coefficient (Wildman–Crippen LogP) is 6.27. The Balaban J connectivity index is 1.65. The molecule has 0 saturated carbocycles. The molecule has 4 aromatic rings. The van der Waals surface area contributed by atoms with Gasteiger partial charge in [-0.15, -0.1) is 0 Å². The van der Waals surface area contributed by atoms with E-state index in [1.807, 2.05) is 24.3 Å². The molecule has 0 aliphatic heterocycles. The minimum absolute atomic E-state index is 0.186. The SMILES string of the molecule is COc1c(C(=O)Nc2ccc(-c3ccc(CO)o3)c(Cl)c2)cc2ccccc2c1Br. The number of carbonyl (C=O) groups excluding carboxylic acids is 1. The van der Waals surface area contributed by atoms with Crippen LogP contribution in [0, 0.1) is 0 Å². The molecule has 0 atom stereocenters. The Kier molecular flexibility index (Phi) is 5.81. The number of rotatable bonds is 5. The van der Waals surface area contributed by atoms with Gasteiger partial charge < -0.3 is 19.6 Å². The Morgan fingerprint density at radius 2 is 1.97 bits per heavy atom. The molecule has 30 heavy (non-hydrogen) atoms. The molecule has 0 aliphatic carbocycles. The van der Waals surface area contributed by atoms with Crippen molar-refractivity contribution in [2.75, 3.05) is 12.4 Å². The van der Waals surface area contributed by atoms with E-state index in [1.54, 1.807) is 36.4 Å². The van der Waals surface area contributed by atoms with Crippen molar-refractivity contribution in [2.24, 2.45) is 0 Å². The summed E-state index contributed by atoms with van der Waals surface area (Å²) in [7, 11) is 1.53. The minimum Gasteiger partial charge on any atom is -0.495 e. The van der Waals surface area contributed by atoms with Crippen molar-refractivity contribution in [3.05, 3.63) is 81.5 Å². The van der Waals surface area contributed by atoms with Crippen LogP contribution in [0.2, 0.25) is 5.02 Å². The molecular formula is C23H17BrClNO4. The highest BCUT2D eigenvalue weighted by atomic mass is 79.9. The second kappa shape index (κ2) is 8.52. The quantitative estimate of drug-likeness (QED) is 0.349. The molecule has 0 fully saturated rings. The maximum absolute atomic E-state index is 13.0. The number of furan rings is 1. The van der Waals surface area contributed by atoms with E-state index in [2.05, 4.69) is 21.2 Å². The lowest BCUT2D eigenvalue weighted by Crippen LogP contribution is -2.13. The highest BCUT2D eigenvalue weighted by molar-refractivity contribution is 9.10. The van der Waals surface area contributed by atoms with Crippen molar-refractivity contribution in [3.8, 4) is 17.1 Å². The van der Waals surface area contributed by atoms with Gasteiger partial charge in [0.1, 0.15) is 23.9 Å². The number of nitrogens with one attached hydrogen (secondary N) is 1. The first kappa shape index (κ1) is 20.5. The van der Waals surface area contributed by atoms with Gasteiger partial charge in [-0.2, -0.15) is 0 Å². The molecule has 152 valence electrons. The molecule has 0 bridgehead atoms. The van der Waals surface area contributed by atoms with Crippen LogP contribution in [0.25, 0.3) is 22.1 Å². The van der Waals surface area contributed by atoms with Crippen molar-refractivity contribution in [2.45, 2.75) is 6.61 Å². The maximum atomic E-state index is 13.0. The highest BCUT2D eigenvalue weighted by Crippen LogP contribution is 2.37. The Bertz CT molecular complexity index is 1250. The number of carbonyl (C=O) groups is 1. The number of halogens is 2. The molecule has 4 rings (SSSR count). The predicted molar refractivity (Wildman–Crippen MR) is 121 cm³/mol. The van der Waals surface area contributed by atoms with Gasteiger partial charge in [-0.05, 0) is 63.1 Å². The van der Waals surface area contributed by atoms with Crippen LogP contribution >= 0.6 is 27.5 Å². The van der Waals surface area contributed by atoms with Gasteiger partial charge in [-0.1, -0.05) is 35.9 Å². The van der Waals surface area contributed by atoms with Crippen molar-refractivity contribution in [1.82, 2.24) is 0 Å². The summed E-state index contributed by atoms with van der Waals surface area (Å²) in [6.45, 7) is -0.186. The molecule has 3 aromatic carbocycles. The summed E-state index contributed by atoms with van der Waals surface area (Å²) < 4.78 is 11.7. The Labute approximate surface area is 186 Å². The number of benzene rings is 3. The number of fused-ring (bicyclic) bond motifs is 1. The first-order valence-corrected chi connectivity index (χ1v) is 10.2. The minimum atomic E-state index is -0.317. The third-order valence-electron chi connectivity index (χ3n) is 4.70. The Hall–Kier alpha value is -2.80.